The second-order valence-corrected chi connectivity index (χ2v) is 4.30. The number of aromatic amines is 1. The van der Waals surface area contributed by atoms with Gasteiger partial charge in [0.2, 0.25) is 0 Å². The number of benzene rings is 2. The molecular weight excluding hydrogens is 241 g/mol. The normalized spacial score (nSPS) is 10.6. The van der Waals surface area contributed by atoms with E-state index in [4.69, 9.17) is 5.73 Å². The van der Waals surface area contributed by atoms with Crippen LogP contribution < -0.4 is 5.73 Å². The van der Waals surface area contributed by atoms with Gasteiger partial charge in [0.1, 0.15) is 5.82 Å². The summed E-state index contributed by atoms with van der Waals surface area (Å²) in [6.45, 7) is 0. The van der Waals surface area contributed by atoms with E-state index < -0.39 is 0 Å². The maximum atomic E-state index is 12.9. The molecular formula is C15H12FN3. The van der Waals surface area contributed by atoms with Gasteiger partial charge < -0.3 is 5.73 Å². The molecule has 3 aromatic rings. The van der Waals surface area contributed by atoms with E-state index in [-0.39, 0.29) is 5.82 Å². The Morgan fingerprint density at radius 1 is 0.895 bits per heavy atom. The second kappa shape index (κ2) is 4.57. The molecule has 0 spiro atoms. The molecule has 1 aromatic heterocycles. The molecule has 0 radical (unpaired) electrons. The zero-order valence-corrected chi connectivity index (χ0v) is 10.1. The lowest BCUT2D eigenvalue weighted by Gasteiger charge is -1.97. The largest absolute Gasteiger partial charge is 0.399 e. The fourth-order valence-corrected chi connectivity index (χ4v) is 1.90. The summed E-state index contributed by atoms with van der Waals surface area (Å²) in [4.78, 5) is 0. The van der Waals surface area contributed by atoms with Crippen molar-refractivity contribution < 1.29 is 4.39 Å². The molecule has 3 N–H and O–H groups in total. The summed E-state index contributed by atoms with van der Waals surface area (Å²) >= 11 is 0. The summed E-state index contributed by atoms with van der Waals surface area (Å²) in [5.41, 5.74) is 9.94. The number of aromatic nitrogens is 2. The van der Waals surface area contributed by atoms with Gasteiger partial charge in [-0.2, -0.15) is 5.10 Å². The molecule has 0 saturated heterocycles. The van der Waals surface area contributed by atoms with E-state index in [1.165, 1.54) is 12.1 Å². The standard InChI is InChI=1S/C15H12FN3/c16-12-5-1-10(2-6-12)14-9-15(19-18-14)11-3-7-13(17)8-4-11/h1-9H,17H2,(H,18,19). The first-order valence-electron chi connectivity index (χ1n) is 5.89. The van der Waals surface area contributed by atoms with Crippen LogP contribution in [0.3, 0.4) is 0 Å². The number of hydrogen-bond donors (Lipinski definition) is 2. The first-order chi connectivity index (χ1) is 9.22. The molecule has 0 saturated carbocycles. The minimum atomic E-state index is -0.248. The Morgan fingerprint density at radius 2 is 1.53 bits per heavy atom. The first kappa shape index (κ1) is 11.5. The molecule has 0 atom stereocenters. The number of nitrogens with zero attached hydrogens (tertiary/aromatic N) is 1. The summed E-state index contributed by atoms with van der Waals surface area (Å²) in [5.74, 6) is -0.248. The SMILES string of the molecule is Nc1ccc(-c2cc(-c3ccc(F)cc3)[nH]n2)cc1. The van der Waals surface area contributed by atoms with Crippen LogP contribution >= 0.6 is 0 Å². The van der Waals surface area contributed by atoms with E-state index in [9.17, 15) is 4.39 Å². The molecule has 0 aliphatic heterocycles. The van der Waals surface area contributed by atoms with Gasteiger partial charge in [-0.15, -0.1) is 0 Å². The van der Waals surface area contributed by atoms with Gasteiger partial charge in [0.15, 0.2) is 0 Å². The van der Waals surface area contributed by atoms with Crippen LogP contribution in [-0.4, -0.2) is 10.2 Å². The Labute approximate surface area is 109 Å². The molecule has 3 nitrogen and oxygen atoms in total. The lowest BCUT2D eigenvalue weighted by atomic mass is 10.1. The van der Waals surface area contributed by atoms with Crippen molar-refractivity contribution in [2.24, 2.45) is 0 Å². The third-order valence-electron chi connectivity index (χ3n) is 2.94. The van der Waals surface area contributed by atoms with E-state index >= 15 is 0 Å². The number of rotatable bonds is 2. The van der Waals surface area contributed by atoms with E-state index in [2.05, 4.69) is 10.2 Å². The van der Waals surface area contributed by atoms with Crippen molar-refractivity contribution >= 4 is 5.69 Å². The molecule has 0 aliphatic carbocycles. The summed E-state index contributed by atoms with van der Waals surface area (Å²) in [6, 6.07) is 15.7. The summed E-state index contributed by atoms with van der Waals surface area (Å²) < 4.78 is 12.9. The van der Waals surface area contributed by atoms with Crippen molar-refractivity contribution in [3.63, 3.8) is 0 Å². The topological polar surface area (TPSA) is 54.7 Å². The average molecular weight is 253 g/mol. The fraction of sp³-hybridized carbons (Fsp3) is 0. The van der Waals surface area contributed by atoms with Gasteiger partial charge in [0.25, 0.3) is 0 Å². The molecule has 3 rings (SSSR count). The van der Waals surface area contributed by atoms with Gasteiger partial charge >= 0.3 is 0 Å². The molecule has 94 valence electrons. The third-order valence-corrected chi connectivity index (χ3v) is 2.94. The van der Waals surface area contributed by atoms with Crippen LogP contribution in [0.25, 0.3) is 22.5 Å². The molecule has 19 heavy (non-hydrogen) atoms. The maximum Gasteiger partial charge on any atom is 0.123 e. The monoisotopic (exact) mass is 253 g/mol. The van der Waals surface area contributed by atoms with Crippen LogP contribution in [0.4, 0.5) is 10.1 Å². The van der Waals surface area contributed by atoms with E-state index in [1.54, 1.807) is 12.1 Å². The van der Waals surface area contributed by atoms with Crippen LogP contribution in [0, 0.1) is 5.82 Å². The van der Waals surface area contributed by atoms with E-state index in [0.717, 1.165) is 28.2 Å². The van der Waals surface area contributed by atoms with Gasteiger partial charge in [0, 0.05) is 11.3 Å². The van der Waals surface area contributed by atoms with Gasteiger partial charge in [0.05, 0.1) is 11.4 Å². The van der Waals surface area contributed by atoms with Crippen molar-refractivity contribution in [2.75, 3.05) is 5.73 Å². The number of halogens is 1. The molecule has 4 heteroatoms. The van der Waals surface area contributed by atoms with Crippen LogP contribution in [-0.2, 0) is 0 Å². The Morgan fingerprint density at radius 3 is 2.21 bits per heavy atom. The summed E-state index contributed by atoms with van der Waals surface area (Å²) in [6.07, 6.45) is 0. The summed E-state index contributed by atoms with van der Waals surface area (Å²) in [7, 11) is 0. The quantitative estimate of drug-likeness (QED) is 0.687. The Hall–Kier alpha value is -2.62. The Balaban J connectivity index is 1.95. The average Bonchev–Trinajstić information content (AvgIpc) is 2.90. The van der Waals surface area contributed by atoms with Gasteiger partial charge in [-0.1, -0.05) is 12.1 Å². The number of nitrogens with one attached hydrogen (secondary N) is 1. The lowest BCUT2D eigenvalue weighted by molar-refractivity contribution is 0.628. The predicted octanol–water partition coefficient (Wildman–Crippen LogP) is 3.47. The van der Waals surface area contributed by atoms with Crippen molar-refractivity contribution in [2.45, 2.75) is 0 Å². The predicted molar refractivity (Wildman–Crippen MR) is 73.8 cm³/mol. The number of nitrogen functional groups attached to an aromatic ring is 1. The van der Waals surface area contributed by atoms with Crippen LogP contribution in [0.1, 0.15) is 0 Å². The van der Waals surface area contributed by atoms with E-state index in [1.807, 2.05) is 30.3 Å². The minimum Gasteiger partial charge on any atom is -0.399 e. The Bertz CT molecular complexity index is 624. The molecule has 0 amide bonds. The lowest BCUT2D eigenvalue weighted by Crippen LogP contribution is -1.83. The number of nitrogens with two attached hydrogens (primary N) is 1. The highest BCUT2D eigenvalue weighted by Gasteiger charge is 2.05. The van der Waals surface area contributed by atoms with E-state index in [0.29, 0.717) is 0 Å². The molecule has 0 fully saturated rings. The van der Waals surface area contributed by atoms with Crippen molar-refractivity contribution in [3.05, 3.63) is 60.4 Å². The third kappa shape index (κ3) is 2.33. The van der Waals surface area contributed by atoms with Crippen LogP contribution in [0.15, 0.2) is 54.6 Å². The zero-order chi connectivity index (χ0) is 13.2. The summed E-state index contributed by atoms with van der Waals surface area (Å²) in [5, 5.41) is 7.21. The minimum absolute atomic E-state index is 0.248. The van der Waals surface area contributed by atoms with Gasteiger partial charge in [-0.3, -0.25) is 5.10 Å². The highest BCUT2D eigenvalue weighted by Crippen LogP contribution is 2.24. The zero-order valence-electron chi connectivity index (χ0n) is 10.1. The molecule has 0 aliphatic rings. The Kier molecular flexibility index (Phi) is 2.76. The molecule has 2 aromatic carbocycles. The number of hydrogen-bond acceptors (Lipinski definition) is 2. The molecule has 0 bridgehead atoms. The number of anilines is 1. The number of H-pyrrole nitrogens is 1. The van der Waals surface area contributed by atoms with Crippen molar-refractivity contribution in [1.82, 2.24) is 10.2 Å². The van der Waals surface area contributed by atoms with Crippen LogP contribution in [0.2, 0.25) is 0 Å². The van der Waals surface area contributed by atoms with Gasteiger partial charge in [-0.05, 0) is 48.0 Å². The second-order valence-electron chi connectivity index (χ2n) is 4.30. The van der Waals surface area contributed by atoms with Gasteiger partial charge in [-0.25, -0.2) is 4.39 Å². The van der Waals surface area contributed by atoms with Crippen molar-refractivity contribution in [3.8, 4) is 22.5 Å². The molecule has 0 unspecified atom stereocenters. The molecule has 1 heterocycles. The first-order valence-corrected chi connectivity index (χ1v) is 5.89. The van der Waals surface area contributed by atoms with Crippen molar-refractivity contribution in [1.29, 1.82) is 0 Å². The highest BCUT2D eigenvalue weighted by molar-refractivity contribution is 5.69. The smallest absolute Gasteiger partial charge is 0.123 e. The maximum absolute atomic E-state index is 12.9. The highest BCUT2D eigenvalue weighted by atomic mass is 19.1. The fourth-order valence-electron chi connectivity index (χ4n) is 1.90. The van der Waals surface area contributed by atoms with Crippen LogP contribution in [0.5, 0.6) is 0 Å².